The third kappa shape index (κ3) is 2.43. The highest BCUT2D eigenvalue weighted by Gasteiger charge is 2.37. The van der Waals surface area contributed by atoms with Gasteiger partial charge >= 0.3 is 0 Å². The summed E-state index contributed by atoms with van der Waals surface area (Å²) in [6.45, 7) is 2.44. The van der Waals surface area contributed by atoms with E-state index in [1.807, 2.05) is 6.92 Å². The van der Waals surface area contributed by atoms with Crippen LogP contribution in [0.25, 0.3) is 0 Å². The third-order valence-corrected chi connectivity index (χ3v) is 3.51. The molecule has 0 fully saturated rings. The molecule has 10 nitrogen and oxygen atoms in total. The number of imide groups is 1. The fourth-order valence-electron chi connectivity index (χ4n) is 2.40. The molecule has 0 unspecified atom stereocenters. The van der Waals surface area contributed by atoms with Crippen LogP contribution >= 0.6 is 0 Å². The van der Waals surface area contributed by atoms with Crippen LogP contribution < -0.4 is 0 Å². The molecule has 10 heteroatoms. The molecule has 0 aliphatic carbocycles. The zero-order valence-corrected chi connectivity index (χ0v) is 12.2. The van der Waals surface area contributed by atoms with Crippen LogP contribution in [0.1, 0.15) is 39.9 Å². The molecule has 23 heavy (non-hydrogen) atoms. The van der Waals surface area contributed by atoms with E-state index in [9.17, 15) is 19.7 Å². The molecule has 2 heterocycles. The van der Waals surface area contributed by atoms with Crippen molar-refractivity contribution in [3.8, 4) is 0 Å². The Balaban J connectivity index is 1.91. The summed E-state index contributed by atoms with van der Waals surface area (Å²) in [7, 11) is 0. The van der Waals surface area contributed by atoms with Crippen molar-refractivity contribution in [1.29, 1.82) is 0 Å². The minimum absolute atomic E-state index is 0.0266. The number of amides is 2. The Bertz CT molecular complexity index is 815. The largest absolute Gasteiger partial charge is 0.270 e. The average Bonchev–Trinajstić information content (AvgIpc) is 3.06. The van der Waals surface area contributed by atoms with Gasteiger partial charge in [0.2, 0.25) is 0 Å². The van der Waals surface area contributed by atoms with E-state index >= 15 is 0 Å². The predicted molar refractivity (Wildman–Crippen MR) is 75.4 cm³/mol. The number of nitro benzene ring substituents is 1. The number of rotatable bonds is 5. The van der Waals surface area contributed by atoms with Gasteiger partial charge in [-0.05, 0) is 22.9 Å². The molecular formula is C13H12N6O4. The number of aryl methyl sites for hydroxylation is 1. The van der Waals surface area contributed by atoms with E-state index in [-0.39, 0.29) is 23.4 Å². The normalized spacial score (nSPS) is 13.5. The highest BCUT2D eigenvalue weighted by Crippen LogP contribution is 2.27. The molecule has 1 aliphatic rings. The maximum absolute atomic E-state index is 12.4. The predicted octanol–water partition coefficient (Wildman–Crippen LogP) is 0.787. The van der Waals surface area contributed by atoms with Crippen molar-refractivity contribution in [2.45, 2.75) is 26.4 Å². The highest BCUT2D eigenvalue weighted by molar-refractivity contribution is 6.21. The summed E-state index contributed by atoms with van der Waals surface area (Å²) in [5, 5.41) is 22.0. The van der Waals surface area contributed by atoms with Gasteiger partial charge in [0.05, 0.1) is 22.6 Å². The van der Waals surface area contributed by atoms with Crippen LogP contribution in [0.15, 0.2) is 18.2 Å². The van der Waals surface area contributed by atoms with Gasteiger partial charge in [-0.25, -0.2) is 4.68 Å². The Morgan fingerprint density at radius 2 is 1.96 bits per heavy atom. The fourth-order valence-corrected chi connectivity index (χ4v) is 2.40. The highest BCUT2D eigenvalue weighted by atomic mass is 16.6. The standard InChI is InChI=1S/C13H12N6O4/c1-2-5-18-11(14-15-16-18)7-17-12(20)9-4-3-8(19(22)23)6-10(9)13(17)21/h3-4,6H,2,5,7H2,1H3. The van der Waals surface area contributed by atoms with Crippen molar-refractivity contribution >= 4 is 17.5 Å². The van der Waals surface area contributed by atoms with Gasteiger partial charge in [0.1, 0.15) is 0 Å². The lowest BCUT2D eigenvalue weighted by atomic mass is 10.1. The van der Waals surface area contributed by atoms with Crippen LogP contribution in [0, 0.1) is 10.1 Å². The van der Waals surface area contributed by atoms with Crippen molar-refractivity contribution in [1.82, 2.24) is 25.1 Å². The lowest BCUT2D eigenvalue weighted by Crippen LogP contribution is -2.30. The van der Waals surface area contributed by atoms with Gasteiger partial charge in [0.15, 0.2) is 5.82 Å². The number of non-ortho nitro benzene ring substituents is 1. The Labute approximate surface area is 129 Å². The van der Waals surface area contributed by atoms with Gasteiger partial charge in [-0.2, -0.15) is 0 Å². The molecule has 1 aromatic heterocycles. The van der Waals surface area contributed by atoms with Gasteiger partial charge < -0.3 is 0 Å². The Kier molecular flexibility index (Phi) is 3.56. The molecule has 0 radical (unpaired) electrons. The van der Waals surface area contributed by atoms with E-state index < -0.39 is 16.7 Å². The molecule has 1 aliphatic heterocycles. The van der Waals surface area contributed by atoms with Crippen LogP contribution in [0.5, 0.6) is 0 Å². The van der Waals surface area contributed by atoms with Crippen LogP contribution in [-0.2, 0) is 13.1 Å². The number of fused-ring (bicyclic) bond motifs is 1. The maximum Gasteiger partial charge on any atom is 0.270 e. The molecule has 3 rings (SSSR count). The lowest BCUT2D eigenvalue weighted by molar-refractivity contribution is -0.384. The number of nitro groups is 1. The van der Waals surface area contributed by atoms with Gasteiger partial charge in [-0.3, -0.25) is 24.6 Å². The number of carbonyl (C=O) groups is 2. The molecule has 1 aromatic carbocycles. The second-order valence-electron chi connectivity index (χ2n) is 5.00. The maximum atomic E-state index is 12.4. The van der Waals surface area contributed by atoms with Gasteiger partial charge in [-0.15, -0.1) is 5.10 Å². The zero-order valence-electron chi connectivity index (χ0n) is 12.2. The Morgan fingerprint density at radius 3 is 2.65 bits per heavy atom. The average molecular weight is 316 g/mol. The van der Waals surface area contributed by atoms with E-state index in [0.717, 1.165) is 17.4 Å². The fraction of sp³-hybridized carbons (Fsp3) is 0.308. The third-order valence-electron chi connectivity index (χ3n) is 3.51. The Morgan fingerprint density at radius 1 is 1.22 bits per heavy atom. The van der Waals surface area contributed by atoms with Crippen LogP contribution in [0.2, 0.25) is 0 Å². The summed E-state index contributed by atoms with van der Waals surface area (Å²) in [5.41, 5.74) is -0.0589. The van der Waals surface area contributed by atoms with E-state index in [1.54, 1.807) is 0 Å². The summed E-state index contributed by atoms with van der Waals surface area (Å²) in [6.07, 6.45) is 0.798. The summed E-state index contributed by atoms with van der Waals surface area (Å²) in [6, 6.07) is 3.61. The van der Waals surface area contributed by atoms with Crippen LogP contribution in [0.3, 0.4) is 0 Å². The number of benzene rings is 1. The van der Waals surface area contributed by atoms with E-state index in [4.69, 9.17) is 0 Å². The minimum Gasteiger partial charge on any atom is -0.269 e. The Hall–Kier alpha value is -3.17. The van der Waals surface area contributed by atoms with E-state index in [2.05, 4.69) is 15.5 Å². The molecule has 0 spiro atoms. The second-order valence-corrected chi connectivity index (χ2v) is 5.00. The SMILES string of the molecule is CCCn1nnnc1CN1C(=O)c2ccc([N+](=O)[O-])cc2C1=O. The van der Waals surface area contributed by atoms with Crippen LogP contribution in [0.4, 0.5) is 5.69 Å². The van der Waals surface area contributed by atoms with Crippen LogP contribution in [-0.4, -0.2) is 41.8 Å². The molecule has 118 valence electrons. The second kappa shape index (κ2) is 5.55. The van der Waals surface area contributed by atoms with Crippen molar-refractivity contribution in [3.63, 3.8) is 0 Å². The van der Waals surface area contributed by atoms with Crippen molar-refractivity contribution in [2.75, 3.05) is 0 Å². The molecule has 0 atom stereocenters. The van der Waals surface area contributed by atoms with Crippen molar-refractivity contribution < 1.29 is 14.5 Å². The van der Waals surface area contributed by atoms with Gasteiger partial charge in [-0.1, -0.05) is 6.92 Å². The van der Waals surface area contributed by atoms with Crippen molar-refractivity contribution in [3.05, 3.63) is 45.3 Å². The molecule has 0 saturated heterocycles. The lowest BCUT2D eigenvalue weighted by Gasteiger charge is -2.12. The van der Waals surface area contributed by atoms with Gasteiger partial charge in [0, 0.05) is 18.7 Å². The first kappa shape index (κ1) is 14.8. The first-order chi connectivity index (χ1) is 11.0. The summed E-state index contributed by atoms with van der Waals surface area (Å²) < 4.78 is 1.52. The summed E-state index contributed by atoms with van der Waals surface area (Å²) >= 11 is 0. The zero-order chi connectivity index (χ0) is 16.6. The number of carbonyl (C=O) groups excluding carboxylic acids is 2. The van der Waals surface area contributed by atoms with Gasteiger partial charge in [0.25, 0.3) is 17.5 Å². The quantitative estimate of drug-likeness (QED) is 0.453. The number of hydrogen-bond acceptors (Lipinski definition) is 7. The number of tetrazole rings is 1. The number of aromatic nitrogens is 4. The number of nitrogens with zero attached hydrogens (tertiary/aromatic N) is 6. The molecule has 0 bridgehead atoms. The summed E-state index contributed by atoms with van der Waals surface area (Å²) in [5.74, 6) is -0.707. The molecule has 2 aromatic rings. The topological polar surface area (TPSA) is 124 Å². The monoisotopic (exact) mass is 316 g/mol. The first-order valence-corrected chi connectivity index (χ1v) is 6.92. The minimum atomic E-state index is -0.609. The first-order valence-electron chi connectivity index (χ1n) is 6.92. The molecule has 0 saturated carbocycles. The van der Waals surface area contributed by atoms with Crippen molar-refractivity contribution in [2.24, 2.45) is 0 Å². The number of hydrogen-bond donors (Lipinski definition) is 0. The van der Waals surface area contributed by atoms with E-state index in [1.165, 1.54) is 16.8 Å². The smallest absolute Gasteiger partial charge is 0.269 e. The summed E-state index contributed by atoms with van der Waals surface area (Å²) in [4.78, 5) is 35.9. The molecule has 2 amide bonds. The molecular weight excluding hydrogens is 304 g/mol. The molecule has 0 N–H and O–H groups in total. The van der Waals surface area contributed by atoms with E-state index in [0.29, 0.717) is 12.4 Å².